The van der Waals surface area contributed by atoms with Gasteiger partial charge in [0.05, 0.1) is 12.8 Å². The first-order valence-corrected chi connectivity index (χ1v) is 8.15. The van der Waals surface area contributed by atoms with Crippen molar-refractivity contribution in [1.82, 2.24) is 5.32 Å². The van der Waals surface area contributed by atoms with E-state index in [1.165, 1.54) is 18.9 Å². The fraction of sp³-hybridized carbons (Fsp3) is 0.263. The Morgan fingerprint density at radius 2 is 1.92 bits per heavy atom. The van der Waals surface area contributed by atoms with Gasteiger partial charge in [-0.15, -0.1) is 0 Å². The Kier molecular flexibility index (Phi) is 5.26. The number of carbonyl (C=O) groups excluding carboxylic acids is 2. The normalized spacial score (nSPS) is 11.8. The maximum Gasteiger partial charge on any atom is 0.240 e. The van der Waals surface area contributed by atoms with Crippen molar-refractivity contribution in [2.75, 3.05) is 25.3 Å². The number of benzene rings is 2. The van der Waals surface area contributed by atoms with Crippen molar-refractivity contribution in [3.8, 4) is 17.2 Å². The van der Waals surface area contributed by atoms with Gasteiger partial charge < -0.3 is 19.5 Å². The van der Waals surface area contributed by atoms with Crippen molar-refractivity contribution in [3.63, 3.8) is 0 Å². The molecular formula is C19H20N2O5. The summed E-state index contributed by atoms with van der Waals surface area (Å²) in [5.41, 5.74) is 1.44. The maximum absolute atomic E-state index is 12.3. The number of anilines is 1. The Hall–Kier alpha value is -3.22. The number of fused-ring (bicyclic) bond motifs is 1. The van der Waals surface area contributed by atoms with Gasteiger partial charge in [0, 0.05) is 13.5 Å². The van der Waals surface area contributed by atoms with Crippen LogP contribution in [0.25, 0.3) is 0 Å². The molecule has 0 saturated carbocycles. The average Bonchev–Trinajstić information content (AvgIpc) is 3.12. The summed E-state index contributed by atoms with van der Waals surface area (Å²) in [6.07, 6.45) is 0. The molecule has 0 spiro atoms. The quantitative estimate of drug-likeness (QED) is 0.858. The van der Waals surface area contributed by atoms with E-state index in [9.17, 15) is 9.59 Å². The second kappa shape index (κ2) is 7.77. The van der Waals surface area contributed by atoms with Crippen LogP contribution in [0.3, 0.4) is 0 Å². The second-order valence-corrected chi connectivity index (χ2v) is 5.74. The molecule has 0 saturated heterocycles. The van der Waals surface area contributed by atoms with E-state index in [1.54, 1.807) is 30.3 Å². The molecule has 0 unspecified atom stereocenters. The molecule has 1 aliphatic heterocycles. The first-order valence-electron chi connectivity index (χ1n) is 8.15. The summed E-state index contributed by atoms with van der Waals surface area (Å²) >= 11 is 0. The van der Waals surface area contributed by atoms with E-state index in [4.69, 9.17) is 14.2 Å². The summed E-state index contributed by atoms with van der Waals surface area (Å²) in [5, 5.41) is 2.81. The summed E-state index contributed by atoms with van der Waals surface area (Å²) in [6, 6.07) is 12.6. The van der Waals surface area contributed by atoms with E-state index in [1.807, 2.05) is 12.1 Å². The SMILES string of the molecule is COc1ccccc1N(CC(=O)NCc1ccc2c(c1)OCO2)C(C)=O. The number of para-hydroxylation sites is 2. The molecule has 7 nitrogen and oxygen atoms in total. The van der Waals surface area contributed by atoms with Gasteiger partial charge in [-0.2, -0.15) is 0 Å². The highest BCUT2D eigenvalue weighted by Crippen LogP contribution is 2.32. The molecule has 0 radical (unpaired) electrons. The lowest BCUT2D eigenvalue weighted by Crippen LogP contribution is -2.39. The van der Waals surface area contributed by atoms with E-state index in [0.29, 0.717) is 29.5 Å². The lowest BCUT2D eigenvalue weighted by Gasteiger charge is -2.22. The van der Waals surface area contributed by atoms with Crippen molar-refractivity contribution in [2.45, 2.75) is 13.5 Å². The molecule has 0 atom stereocenters. The number of amides is 2. The number of nitrogens with one attached hydrogen (secondary N) is 1. The summed E-state index contributed by atoms with van der Waals surface area (Å²) in [4.78, 5) is 25.7. The third-order valence-corrected chi connectivity index (χ3v) is 3.98. The van der Waals surface area contributed by atoms with E-state index in [-0.39, 0.29) is 25.2 Å². The van der Waals surface area contributed by atoms with Crippen LogP contribution in [0.4, 0.5) is 5.69 Å². The molecule has 7 heteroatoms. The van der Waals surface area contributed by atoms with Crippen molar-refractivity contribution in [3.05, 3.63) is 48.0 Å². The highest BCUT2D eigenvalue weighted by Gasteiger charge is 2.19. The van der Waals surface area contributed by atoms with E-state index in [0.717, 1.165) is 5.56 Å². The molecule has 1 aliphatic rings. The van der Waals surface area contributed by atoms with E-state index >= 15 is 0 Å². The topological polar surface area (TPSA) is 77.1 Å². The molecule has 2 aromatic carbocycles. The van der Waals surface area contributed by atoms with Crippen LogP contribution in [0.1, 0.15) is 12.5 Å². The first kappa shape index (κ1) is 17.6. The van der Waals surface area contributed by atoms with Crippen LogP contribution in [0.5, 0.6) is 17.2 Å². The maximum atomic E-state index is 12.3. The molecule has 0 aliphatic carbocycles. The Morgan fingerprint density at radius 1 is 1.15 bits per heavy atom. The van der Waals surface area contributed by atoms with Crippen LogP contribution in [0.2, 0.25) is 0 Å². The predicted octanol–water partition coefficient (Wildman–Crippen LogP) is 2.09. The summed E-state index contributed by atoms with van der Waals surface area (Å²) in [6.45, 7) is 1.85. The predicted molar refractivity (Wildman–Crippen MR) is 95.4 cm³/mol. The zero-order valence-corrected chi connectivity index (χ0v) is 14.7. The average molecular weight is 356 g/mol. The Balaban J connectivity index is 1.64. The molecule has 1 heterocycles. The van der Waals surface area contributed by atoms with E-state index in [2.05, 4.69) is 5.32 Å². The number of hydrogen-bond acceptors (Lipinski definition) is 5. The first-order chi connectivity index (χ1) is 12.6. The van der Waals surface area contributed by atoms with Crippen LogP contribution in [-0.4, -0.2) is 32.3 Å². The number of hydrogen-bond donors (Lipinski definition) is 1. The number of nitrogens with zero attached hydrogens (tertiary/aromatic N) is 1. The monoisotopic (exact) mass is 356 g/mol. The molecule has 0 fully saturated rings. The fourth-order valence-corrected chi connectivity index (χ4v) is 2.67. The highest BCUT2D eigenvalue weighted by molar-refractivity contribution is 5.98. The minimum absolute atomic E-state index is 0.0970. The zero-order valence-electron chi connectivity index (χ0n) is 14.7. The van der Waals surface area contributed by atoms with Crippen LogP contribution in [0.15, 0.2) is 42.5 Å². The van der Waals surface area contributed by atoms with Crippen molar-refractivity contribution >= 4 is 17.5 Å². The Bertz CT molecular complexity index is 821. The number of methoxy groups -OCH3 is 1. The minimum atomic E-state index is -0.274. The Morgan fingerprint density at radius 3 is 2.69 bits per heavy atom. The van der Waals surface area contributed by atoms with Gasteiger partial charge in [0.2, 0.25) is 18.6 Å². The van der Waals surface area contributed by atoms with Crippen molar-refractivity contribution in [2.24, 2.45) is 0 Å². The highest BCUT2D eigenvalue weighted by atomic mass is 16.7. The van der Waals surface area contributed by atoms with Crippen LogP contribution in [0, 0.1) is 0 Å². The lowest BCUT2D eigenvalue weighted by molar-refractivity contribution is -0.123. The van der Waals surface area contributed by atoms with Gasteiger partial charge in [0.1, 0.15) is 12.3 Å². The molecule has 2 aromatic rings. The standard InChI is InChI=1S/C19H20N2O5/c1-13(22)21(15-5-3-4-6-16(15)24-2)11-19(23)20-10-14-7-8-17-18(9-14)26-12-25-17/h3-9H,10-12H2,1-2H3,(H,20,23). The largest absolute Gasteiger partial charge is 0.495 e. The van der Waals surface area contributed by atoms with Crippen molar-refractivity contribution < 1.29 is 23.8 Å². The summed E-state index contributed by atoms with van der Waals surface area (Å²) < 4.78 is 15.9. The molecule has 0 bridgehead atoms. The zero-order chi connectivity index (χ0) is 18.5. The van der Waals surface area contributed by atoms with Gasteiger partial charge in [0.15, 0.2) is 11.5 Å². The third kappa shape index (κ3) is 3.88. The molecule has 3 rings (SSSR count). The van der Waals surface area contributed by atoms with Crippen LogP contribution >= 0.6 is 0 Å². The Labute approximate surface area is 151 Å². The van der Waals surface area contributed by atoms with Crippen LogP contribution in [-0.2, 0) is 16.1 Å². The molecular weight excluding hydrogens is 336 g/mol. The lowest BCUT2D eigenvalue weighted by atomic mass is 10.2. The molecule has 2 amide bonds. The molecule has 136 valence electrons. The smallest absolute Gasteiger partial charge is 0.240 e. The summed E-state index contributed by atoms with van der Waals surface area (Å²) in [7, 11) is 1.52. The second-order valence-electron chi connectivity index (χ2n) is 5.74. The number of rotatable bonds is 6. The molecule has 1 N–H and O–H groups in total. The van der Waals surface area contributed by atoms with Crippen molar-refractivity contribution in [1.29, 1.82) is 0 Å². The molecule has 26 heavy (non-hydrogen) atoms. The van der Waals surface area contributed by atoms with Gasteiger partial charge in [-0.05, 0) is 29.8 Å². The number of carbonyl (C=O) groups is 2. The van der Waals surface area contributed by atoms with E-state index < -0.39 is 0 Å². The summed E-state index contributed by atoms with van der Waals surface area (Å²) in [5.74, 6) is 1.37. The van der Waals surface area contributed by atoms with Gasteiger partial charge >= 0.3 is 0 Å². The van der Waals surface area contributed by atoms with Gasteiger partial charge in [-0.1, -0.05) is 18.2 Å². The van der Waals surface area contributed by atoms with Gasteiger partial charge in [0.25, 0.3) is 0 Å². The fourth-order valence-electron chi connectivity index (χ4n) is 2.67. The third-order valence-electron chi connectivity index (χ3n) is 3.98. The van der Waals surface area contributed by atoms with Gasteiger partial charge in [-0.3, -0.25) is 14.5 Å². The van der Waals surface area contributed by atoms with Gasteiger partial charge in [-0.25, -0.2) is 0 Å². The number of ether oxygens (including phenoxy) is 3. The molecule has 0 aromatic heterocycles. The van der Waals surface area contributed by atoms with Crippen LogP contribution < -0.4 is 24.4 Å². The minimum Gasteiger partial charge on any atom is -0.495 e.